The lowest BCUT2D eigenvalue weighted by Crippen LogP contribution is -2.67. The Kier molecular flexibility index (Phi) is 7.58. The van der Waals surface area contributed by atoms with Crippen LogP contribution >= 0.6 is 15.9 Å². The Bertz CT molecular complexity index is 1000. The van der Waals surface area contributed by atoms with Gasteiger partial charge in [-0.3, -0.25) is 4.79 Å². The fourth-order valence-corrected chi connectivity index (χ4v) is 11.6. The van der Waals surface area contributed by atoms with E-state index in [1.807, 2.05) is 0 Å². The first-order chi connectivity index (χ1) is 18.1. The molecule has 0 aromatic carbocycles. The molecular weight excluding hydrogens is 552 g/mol. The van der Waals surface area contributed by atoms with Crippen LogP contribution < -0.4 is 0 Å². The van der Waals surface area contributed by atoms with Gasteiger partial charge in [0.1, 0.15) is 0 Å². The Labute approximate surface area is 246 Å². The fraction of sp³-hybridized carbons (Fsp3) is 0.912. The molecule has 0 radical (unpaired) electrons. The minimum Gasteiger partial charge on any atom is -0.465 e. The van der Waals surface area contributed by atoms with Crippen molar-refractivity contribution in [3.05, 3.63) is 11.6 Å². The van der Waals surface area contributed by atoms with Gasteiger partial charge in [-0.05, 0) is 115 Å². The molecular formula is C34H55BrO4. The lowest BCUT2D eigenvalue weighted by molar-refractivity contribution is -0.232. The summed E-state index contributed by atoms with van der Waals surface area (Å²) < 4.78 is 6.05. The molecule has 5 rings (SSSR count). The van der Waals surface area contributed by atoms with Crippen LogP contribution in [-0.2, 0) is 9.53 Å². The average Bonchev–Trinajstić information content (AvgIpc) is 2.85. The van der Waals surface area contributed by atoms with Crippen molar-refractivity contribution >= 4 is 21.9 Å². The maximum Gasteiger partial charge on any atom is 0.312 e. The maximum atomic E-state index is 13.9. The van der Waals surface area contributed by atoms with E-state index in [-0.39, 0.29) is 44.4 Å². The first kappa shape index (κ1) is 30.1. The minimum absolute atomic E-state index is 0.0189. The lowest BCUT2D eigenvalue weighted by atomic mass is 9.33. The van der Waals surface area contributed by atoms with Gasteiger partial charge in [0.05, 0.1) is 24.2 Å². The van der Waals surface area contributed by atoms with Gasteiger partial charge in [0.15, 0.2) is 0 Å². The quantitative estimate of drug-likeness (QED) is 0.145. The Morgan fingerprint density at radius 2 is 1.64 bits per heavy atom. The number of aliphatic hydroxyl groups is 2. The summed E-state index contributed by atoms with van der Waals surface area (Å²) in [7, 11) is 0. The first-order valence-corrected chi connectivity index (χ1v) is 17.0. The van der Waals surface area contributed by atoms with E-state index in [4.69, 9.17) is 4.74 Å². The monoisotopic (exact) mass is 606 g/mol. The van der Waals surface area contributed by atoms with Gasteiger partial charge >= 0.3 is 5.97 Å². The summed E-state index contributed by atoms with van der Waals surface area (Å²) >= 11 is 3.50. The van der Waals surface area contributed by atoms with Crippen LogP contribution in [-0.4, -0.2) is 40.3 Å². The normalized spacial score (nSPS) is 48.1. The zero-order valence-electron chi connectivity index (χ0n) is 25.7. The first-order valence-electron chi connectivity index (χ1n) is 15.9. The van der Waals surface area contributed by atoms with Crippen LogP contribution in [0.1, 0.15) is 119 Å². The molecule has 4 nitrogen and oxygen atoms in total. The van der Waals surface area contributed by atoms with Crippen LogP contribution in [0.4, 0.5) is 0 Å². The van der Waals surface area contributed by atoms with Crippen molar-refractivity contribution in [1.29, 1.82) is 0 Å². The molecule has 0 aromatic rings. The molecule has 5 heteroatoms. The van der Waals surface area contributed by atoms with E-state index < -0.39 is 12.2 Å². The summed E-state index contributed by atoms with van der Waals surface area (Å²) in [6, 6.07) is 0. The fourth-order valence-electron chi connectivity index (χ4n) is 11.3. The molecule has 0 spiro atoms. The predicted molar refractivity (Wildman–Crippen MR) is 160 cm³/mol. The average molecular weight is 608 g/mol. The molecule has 222 valence electrons. The second-order valence-electron chi connectivity index (χ2n) is 16.4. The van der Waals surface area contributed by atoms with Gasteiger partial charge in [0.2, 0.25) is 0 Å². The third kappa shape index (κ3) is 4.28. The van der Waals surface area contributed by atoms with E-state index in [0.717, 1.165) is 69.5 Å². The minimum atomic E-state index is -0.667. The maximum absolute atomic E-state index is 13.9. The highest BCUT2D eigenvalue weighted by Gasteiger charge is 2.70. The van der Waals surface area contributed by atoms with Gasteiger partial charge < -0.3 is 14.9 Å². The number of ether oxygens (including phenoxy) is 1. The summed E-state index contributed by atoms with van der Waals surface area (Å²) in [5, 5.41) is 23.0. The standard InChI is InChI=1S/C34H55BrO4/c1-29(2)14-16-34(28(38)39-19-9-8-18-35)17-15-32(6)22(23(34)20-29)10-11-26-31(5)21-24(36)27(37)30(3,4)25(31)12-13-33(26,32)7/h10,23-27,36-37H,8-9,11-21H2,1-7H3/t23?,24-,25?,26?,27+,31+,32-,33-,34+/m1/s1. The van der Waals surface area contributed by atoms with E-state index in [9.17, 15) is 15.0 Å². The predicted octanol–water partition coefficient (Wildman–Crippen LogP) is 7.84. The highest BCUT2D eigenvalue weighted by atomic mass is 79.9. The number of aliphatic hydroxyl groups excluding tert-OH is 2. The number of carbonyl (C=O) groups excluding carboxylic acids is 1. The third-order valence-corrected chi connectivity index (χ3v) is 14.3. The molecule has 39 heavy (non-hydrogen) atoms. The summed E-state index contributed by atoms with van der Waals surface area (Å²) in [5.41, 5.74) is 1.21. The Morgan fingerprint density at radius 3 is 2.33 bits per heavy atom. The number of rotatable bonds is 5. The van der Waals surface area contributed by atoms with Crippen LogP contribution in [0.15, 0.2) is 11.6 Å². The molecule has 0 bridgehead atoms. The SMILES string of the molecule is CC1(C)CC[C@]2(C(=O)OCCCCBr)CC[C@]3(C)C(=CCC4[C@@]5(C)C[C@@H](O)[C@H](O)C(C)(C)C5CC[C@]43C)C2C1. The second kappa shape index (κ2) is 9.83. The molecule has 0 saturated heterocycles. The Hall–Kier alpha value is -0.390. The molecule has 2 N–H and O–H groups in total. The number of hydrogen-bond acceptors (Lipinski definition) is 4. The van der Waals surface area contributed by atoms with E-state index in [2.05, 4.69) is 70.5 Å². The van der Waals surface area contributed by atoms with Crippen LogP contribution in [0.2, 0.25) is 0 Å². The number of allylic oxidation sites excluding steroid dienone is 2. The number of halogens is 1. The van der Waals surface area contributed by atoms with E-state index in [1.165, 1.54) is 0 Å². The lowest BCUT2D eigenvalue weighted by Gasteiger charge is -2.71. The van der Waals surface area contributed by atoms with Crippen LogP contribution in [0.3, 0.4) is 0 Å². The van der Waals surface area contributed by atoms with Crippen LogP contribution in [0, 0.1) is 50.2 Å². The highest BCUT2D eigenvalue weighted by Crippen LogP contribution is 2.75. The van der Waals surface area contributed by atoms with Crippen molar-refractivity contribution in [2.24, 2.45) is 50.2 Å². The van der Waals surface area contributed by atoms with E-state index >= 15 is 0 Å². The molecule has 0 aliphatic heterocycles. The van der Waals surface area contributed by atoms with Crippen molar-refractivity contribution in [3.63, 3.8) is 0 Å². The molecule has 0 heterocycles. The zero-order chi connectivity index (χ0) is 28.6. The summed E-state index contributed by atoms with van der Waals surface area (Å²) in [4.78, 5) is 13.9. The smallest absolute Gasteiger partial charge is 0.312 e. The topological polar surface area (TPSA) is 66.8 Å². The molecule has 5 aliphatic rings. The van der Waals surface area contributed by atoms with Crippen molar-refractivity contribution < 1.29 is 19.7 Å². The molecule has 5 aliphatic carbocycles. The number of alkyl halides is 1. The molecule has 9 atom stereocenters. The number of esters is 1. The summed E-state index contributed by atoms with van der Waals surface area (Å²) in [6.45, 7) is 17.2. The van der Waals surface area contributed by atoms with Crippen molar-refractivity contribution in [2.75, 3.05) is 11.9 Å². The zero-order valence-corrected chi connectivity index (χ0v) is 27.3. The highest BCUT2D eigenvalue weighted by molar-refractivity contribution is 9.09. The molecule has 0 aromatic heterocycles. The molecule has 3 unspecified atom stereocenters. The summed E-state index contributed by atoms with van der Waals surface area (Å²) in [5.74, 6) is 1.17. The number of hydrogen-bond donors (Lipinski definition) is 2. The third-order valence-electron chi connectivity index (χ3n) is 13.7. The number of carbonyl (C=O) groups is 1. The van der Waals surface area contributed by atoms with Crippen LogP contribution in [0.5, 0.6) is 0 Å². The summed E-state index contributed by atoms with van der Waals surface area (Å²) in [6.07, 6.45) is 12.2. The largest absolute Gasteiger partial charge is 0.465 e. The van der Waals surface area contributed by atoms with Gasteiger partial charge in [0.25, 0.3) is 0 Å². The van der Waals surface area contributed by atoms with Crippen molar-refractivity contribution in [1.82, 2.24) is 0 Å². The van der Waals surface area contributed by atoms with E-state index in [0.29, 0.717) is 24.9 Å². The number of fused-ring (bicyclic) bond motifs is 7. The van der Waals surface area contributed by atoms with Crippen LogP contribution in [0.25, 0.3) is 0 Å². The van der Waals surface area contributed by atoms with E-state index in [1.54, 1.807) is 5.57 Å². The van der Waals surface area contributed by atoms with Gasteiger partial charge in [-0.15, -0.1) is 0 Å². The van der Waals surface area contributed by atoms with Gasteiger partial charge in [-0.1, -0.05) is 76.0 Å². The van der Waals surface area contributed by atoms with Gasteiger partial charge in [-0.2, -0.15) is 0 Å². The molecule has 4 saturated carbocycles. The Morgan fingerprint density at radius 1 is 0.949 bits per heavy atom. The molecule has 0 amide bonds. The van der Waals surface area contributed by atoms with Gasteiger partial charge in [0, 0.05) is 5.33 Å². The van der Waals surface area contributed by atoms with Gasteiger partial charge in [-0.25, -0.2) is 0 Å². The number of unbranched alkanes of at least 4 members (excludes halogenated alkanes) is 1. The molecule has 4 fully saturated rings. The van der Waals surface area contributed by atoms with Crippen molar-refractivity contribution in [2.45, 2.75) is 131 Å². The van der Waals surface area contributed by atoms with Crippen molar-refractivity contribution in [3.8, 4) is 0 Å². The second-order valence-corrected chi connectivity index (χ2v) is 17.2. The Balaban J connectivity index is 1.53.